The summed E-state index contributed by atoms with van der Waals surface area (Å²) in [6.07, 6.45) is 3.79. The Labute approximate surface area is 201 Å². The number of hydrogen-bond acceptors (Lipinski definition) is 7. The lowest BCUT2D eigenvalue weighted by molar-refractivity contribution is -0.174. The monoisotopic (exact) mass is 485 g/mol. The van der Waals surface area contributed by atoms with Crippen molar-refractivity contribution in [3.63, 3.8) is 0 Å². The van der Waals surface area contributed by atoms with Gasteiger partial charge in [0, 0.05) is 6.54 Å². The van der Waals surface area contributed by atoms with Crippen molar-refractivity contribution >= 4 is 30.0 Å². The van der Waals surface area contributed by atoms with Crippen molar-refractivity contribution < 1.29 is 38.7 Å². The van der Waals surface area contributed by atoms with E-state index in [2.05, 4.69) is 10.6 Å². The number of benzene rings is 1. The number of nitrogens with one attached hydrogen (secondary N) is 2. The molecule has 4 amide bonds. The molecular formula is C24H27N3O8. The number of fused-ring (bicyclic) bond motifs is 5. The van der Waals surface area contributed by atoms with Crippen LogP contribution in [0, 0.1) is 23.7 Å². The Morgan fingerprint density at radius 1 is 1.00 bits per heavy atom. The summed E-state index contributed by atoms with van der Waals surface area (Å²) in [7, 11) is 0. The number of carboxylic acids is 1. The van der Waals surface area contributed by atoms with E-state index < -0.39 is 47.8 Å². The Hall–Kier alpha value is -3.89. The zero-order valence-electron chi connectivity index (χ0n) is 18.9. The molecule has 3 aliphatic rings. The van der Waals surface area contributed by atoms with Crippen LogP contribution >= 0.6 is 0 Å². The van der Waals surface area contributed by atoms with E-state index in [9.17, 15) is 29.1 Å². The van der Waals surface area contributed by atoms with Crippen molar-refractivity contribution in [1.82, 2.24) is 15.7 Å². The summed E-state index contributed by atoms with van der Waals surface area (Å²) in [6.45, 7) is 0.159. The van der Waals surface area contributed by atoms with Gasteiger partial charge < -0.3 is 25.3 Å². The Kier molecular flexibility index (Phi) is 7.33. The van der Waals surface area contributed by atoms with Crippen molar-refractivity contribution in [3.8, 4) is 0 Å². The molecule has 2 aliphatic carbocycles. The molecule has 0 spiro atoms. The van der Waals surface area contributed by atoms with Gasteiger partial charge in [-0.15, -0.1) is 5.06 Å². The first-order valence-electron chi connectivity index (χ1n) is 11.6. The van der Waals surface area contributed by atoms with Crippen LogP contribution in [0.15, 0.2) is 42.5 Å². The fraction of sp³-hybridized carbons (Fsp3) is 0.458. The third-order valence-corrected chi connectivity index (χ3v) is 6.60. The predicted octanol–water partition coefficient (Wildman–Crippen LogP) is 1.98. The lowest BCUT2D eigenvalue weighted by Crippen LogP contribution is -2.41. The summed E-state index contributed by atoms with van der Waals surface area (Å²) < 4.78 is 5.04. The molecule has 2 fully saturated rings. The van der Waals surface area contributed by atoms with Crippen LogP contribution < -0.4 is 10.6 Å². The number of carbonyl (C=O) groups is 5. The Balaban J connectivity index is 1.13. The molecule has 186 valence electrons. The third-order valence-electron chi connectivity index (χ3n) is 6.60. The number of nitrogens with zero attached hydrogens (tertiary/aromatic N) is 1. The maximum atomic E-state index is 12.5. The van der Waals surface area contributed by atoms with Crippen LogP contribution in [0.1, 0.15) is 31.2 Å². The first kappa shape index (κ1) is 24.2. The smallest absolute Gasteiger partial charge is 0.432 e. The molecule has 1 heterocycles. The van der Waals surface area contributed by atoms with Crippen molar-refractivity contribution in [2.45, 2.75) is 38.3 Å². The molecule has 1 aromatic carbocycles. The topological polar surface area (TPSA) is 151 Å². The number of allylic oxidation sites excluding steroid dienone is 2. The Morgan fingerprint density at radius 3 is 2.29 bits per heavy atom. The lowest BCUT2D eigenvalue weighted by atomic mass is 9.85. The van der Waals surface area contributed by atoms with Gasteiger partial charge in [0.2, 0.25) is 0 Å². The van der Waals surface area contributed by atoms with Crippen LogP contribution in [0.2, 0.25) is 0 Å². The highest BCUT2D eigenvalue weighted by atomic mass is 16.7. The maximum absolute atomic E-state index is 12.5. The normalized spacial score (nSPS) is 24.7. The number of amides is 4. The summed E-state index contributed by atoms with van der Waals surface area (Å²) >= 11 is 0. The molecule has 1 aromatic rings. The molecule has 5 unspecified atom stereocenters. The van der Waals surface area contributed by atoms with Gasteiger partial charge in [-0.25, -0.2) is 14.4 Å². The van der Waals surface area contributed by atoms with Gasteiger partial charge in [-0.1, -0.05) is 42.5 Å². The zero-order valence-corrected chi connectivity index (χ0v) is 18.9. The van der Waals surface area contributed by atoms with E-state index in [1.54, 1.807) is 24.3 Å². The van der Waals surface area contributed by atoms with Crippen LogP contribution in [0.3, 0.4) is 0 Å². The number of hydroxylamine groups is 2. The van der Waals surface area contributed by atoms with Gasteiger partial charge >= 0.3 is 18.2 Å². The van der Waals surface area contributed by atoms with Crippen molar-refractivity contribution in [2.24, 2.45) is 23.7 Å². The van der Waals surface area contributed by atoms with Gasteiger partial charge in [0.25, 0.3) is 11.8 Å². The minimum atomic E-state index is -1.20. The quantitative estimate of drug-likeness (QED) is 0.259. The fourth-order valence-electron chi connectivity index (χ4n) is 4.91. The average molecular weight is 485 g/mol. The van der Waals surface area contributed by atoms with Gasteiger partial charge in [0.15, 0.2) is 0 Å². The summed E-state index contributed by atoms with van der Waals surface area (Å²) in [5.74, 6) is -3.04. The minimum absolute atomic E-state index is 0.0181. The predicted molar refractivity (Wildman–Crippen MR) is 119 cm³/mol. The van der Waals surface area contributed by atoms with Crippen molar-refractivity contribution in [2.75, 3.05) is 6.54 Å². The van der Waals surface area contributed by atoms with Crippen LogP contribution in [0.25, 0.3) is 0 Å². The van der Waals surface area contributed by atoms with E-state index in [-0.39, 0.29) is 31.4 Å². The van der Waals surface area contributed by atoms with Gasteiger partial charge in [0.05, 0.1) is 11.8 Å². The number of hydrogen-bond donors (Lipinski definition) is 3. The molecule has 1 saturated heterocycles. The maximum Gasteiger partial charge on any atom is 0.432 e. The van der Waals surface area contributed by atoms with Crippen LogP contribution in [0.5, 0.6) is 0 Å². The second-order valence-electron chi connectivity index (χ2n) is 8.87. The fourth-order valence-corrected chi connectivity index (χ4v) is 4.91. The van der Waals surface area contributed by atoms with Crippen LogP contribution in [-0.2, 0) is 30.6 Å². The summed E-state index contributed by atoms with van der Waals surface area (Å²) in [5, 5.41) is 14.7. The van der Waals surface area contributed by atoms with Gasteiger partial charge in [-0.05, 0) is 43.1 Å². The first-order valence-corrected chi connectivity index (χ1v) is 11.6. The lowest BCUT2D eigenvalue weighted by Gasteiger charge is -2.16. The SMILES string of the molecule is O=C(NC(CCCCNC(=O)ON1C(=O)C2C3C=CC(C3)C2C1=O)C(=O)O)OCc1ccccc1. The minimum Gasteiger partial charge on any atom is -0.480 e. The molecular weight excluding hydrogens is 458 g/mol. The number of unbranched alkanes of at least 4 members (excludes halogenated alkanes) is 1. The Bertz CT molecular complexity index is 997. The van der Waals surface area contributed by atoms with E-state index in [0.29, 0.717) is 17.9 Å². The van der Waals surface area contributed by atoms with Crippen LogP contribution in [0.4, 0.5) is 9.59 Å². The molecule has 0 aromatic heterocycles. The highest BCUT2D eigenvalue weighted by Gasteiger charge is 2.60. The van der Waals surface area contributed by atoms with E-state index in [1.165, 1.54) is 0 Å². The van der Waals surface area contributed by atoms with E-state index in [4.69, 9.17) is 9.57 Å². The number of rotatable bonds is 10. The van der Waals surface area contributed by atoms with Gasteiger partial charge in [0.1, 0.15) is 12.6 Å². The number of carbonyl (C=O) groups excluding carboxylic acids is 4. The number of aliphatic carboxylic acids is 1. The molecule has 11 nitrogen and oxygen atoms in total. The largest absolute Gasteiger partial charge is 0.480 e. The number of ether oxygens (including phenoxy) is 1. The molecule has 1 saturated carbocycles. The number of alkyl carbamates (subject to hydrolysis) is 1. The highest BCUT2D eigenvalue weighted by molar-refractivity contribution is 6.06. The second kappa shape index (κ2) is 10.6. The third kappa shape index (κ3) is 5.44. The molecule has 3 N–H and O–H groups in total. The summed E-state index contributed by atoms with van der Waals surface area (Å²) in [5.41, 5.74) is 0.775. The molecule has 0 radical (unpaired) electrons. The summed E-state index contributed by atoms with van der Waals surface area (Å²) in [6, 6.07) is 7.84. The number of imide groups is 1. The van der Waals surface area contributed by atoms with Crippen LogP contribution in [-0.4, -0.2) is 52.7 Å². The zero-order chi connectivity index (χ0) is 24.9. The van der Waals surface area contributed by atoms with Gasteiger partial charge in [-0.3, -0.25) is 9.59 Å². The summed E-state index contributed by atoms with van der Waals surface area (Å²) in [4.78, 5) is 65.4. The van der Waals surface area contributed by atoms with E-state index in [0.717, 1.165) is 12.0 Å². The first-order chi connectivity index (χ1) is 16.8. The molecule has 1 aliphatic heterocycles. The molecule has 11 heteroatoms. The molecule has 35 heavy (non-hydrogen) atoms. The van der Waals surface area contributed by atoms with Crippen molar-refractivity contribution in [3.05, 3.63) is 48.0 Å². The van der Waals surface area contributed by atoms with Gasteiger partial charge in [-0.2, -0.15) is 0 Å². The Morgan fingerprint density at radius 2 is 1.66 bits per heavy atom. The van der Waals surface area contributed by atoms with Crippen molar-refractivity contribution in [1.29, 1.82) is 0 Å². The van der Waals surface area contributed by atoms with E-state index >= 15 is 0 Å². The molecule has 4 rings (SSSR count). The average Bonchev–Trinajstić information content (AvgIpc) is 3.52. The second-order valence-corrected chi connectivity index (χ2v) is 8.87. The molecule has 2 bridgehead atoms. The molecule has 5 atom stereocenters. The number of carboxylic acid groups (broad SMARTS) is 1. The highest BCUT2D eigenvalue weighted by Crippen LogP contribution is 2.52. The standard InChI is InChI=1S/C24H27N3O8/c28-20-18-15-9-10-16(12-15)19(18)21(29)27(20)35-23(32)25-11-5-4-8-17(22(30)31)26-24(33)34-13-14-6-2-1-3-7-14/h1-3,6-7,9-10,15-19H,4-5,8,11-13H2,(H,25,32)(H,26,33)(H,30,31). The van der Waals surface area contributed by atoms with E-state index in [1.807, 2.05) is 18.2 Å².